The maximum atomic E-state index is 13.0. The molecule has 0 aliphatic carbocycles. The van der Waals surface area contributed by atoms with Crippen molar-refractivity contribution in [1.29, 1.82) is 0 Å². The van der Waals surface area contributed by atoms with E-state index in [1.807, 2.05) is 44.2 Å². The molecule has 38 heavy (non-hydrogen) atoms. The van der Waals surface area contributed by atoms with Gasteiger partial charge in [0.05, 0.1) is 15.6 Å². The van der Waals surface area contributed by atoms with Gasteiger partial charge in [0.2, 0.25) is 5.91 Å². The SMILES string of the molecule is COc1cc(/C=C2\SC(=O)N(CC(=O)Nc3ccc(C)c(Cl)c3)C2=O)cc(I)c1OCc1ccc(C)cc1. The minimum Gasteiger partial charge on any atom is -0.493 e. The Morgan fingerprint density at radius 1 is 1.11 bits per heavy atom. The summed E-state index contributed by atoms with van der Waals surface area (Å²) in [6.45, 7) is 3.85. The van der Waals surface area contributed by atoms with Crippen LogP contribution < -0.4 is 14.8 Å². The lowest BCUT2D eigenvalue weighted by Crippen LogP contribution is -2.36. The van der Waals surface area contributed by atoms with Crippen LogP contribution in [0.4, 0.5) is 10.5 Å². The number of hydrogen-bond acceptors (Lipinski definition) is 6. The molecule has 1 saturated heterocycles. The molecular formula is C28H24ClIN2O5S. The highest BCUT2D eigenvalue weighted by atomic mass is 127. The van der Waals surface area contributed by atoms with Crippen LogP contribution in [0, 0.1) is 17.4 Å². The fraction of sp³-hybridized carbons (Fsp3) is 0.179. The molecule has 0 aromatic heterocycles. The first-order chi connectivity index (χ1) is 18.1. The highest BCUT2D eigenvalue weighted by Gasteiger charge is 2.36. The van der Waals surface area contributed by atoms with E-state index >= 15 is 0 Å². The second-order valence-electron chi connectivity index (χ2n) is 8.59. The second-order valence-corrected chi connectivity index (χ2v) is 11.2. The Balaban J connectivity index is 1.46. The molecule has 1 N–H and O–H groups in total. The number of aryl methyl sites for hydroxylation is 2. The van der Waals surface area contributed by atoms with E-state index < -0.39 is 23.6 Å². The topological polar surface area (TPSA) is 84.9 Å². The first kappa shape index (κ1) is 28.0. The van der Waals surface area contributed by atoms with Crippen molar-refractivity contribution in [2.24, 2.45) is 0 Å². The number of rotatable bonds is 8. The molecule has 10 heteroatoms. The van der Waals surface area contributed by atoms with E-state index in [4.69, 9.17) is 21.1 Å². The van der Waals surface area contributed by atoms with Crippen molar-refractivity contribution in [3.8, 4) is 11.5 Å². The van der Waals surface area contributed by atoms with Crippen molar-refractivity contribution in [2.75, 3.05) is 19.0 Å². The molecule has 3 amide bonds. The molecule has 3 aromatic rings. The number of anilines is 1. The van der Waals surface area contributed by atoms with Crippen LogP contribution in [-0.4, -0.2) is 35.6 Å². The number of carbonyl (C=O) groups excluding carboxylic acids is 3. The minimum absolute atomic E-state index is 0.215. The Bertz CT molecular complexity index is 1440. The summed E-state index contributed by atoms with van der Waals surface area (Å²) < 4.78 is 12.4. The third kappa shape index (κ3) is 6.69. The molecule has 0 radical (unpaired) electrons. The predicted molar refractivity (Wildman–Crippen MR) is 159 cm³/mol. The number of carbonyl (C=O) groups is 3. The lowest BCUT2D eigenvalue weighted by Gasteiger charge is -2.14. The van der Waals surface area contributed by atoms with Gasteiger partial charge in [-0.05, 0) is 95.2 Å². The predicted octanol–water partition coefficient (Wildman–Crippen LogP) is 6.82. The smallest absolute Gasteiger partial charge is 0.294 e. The number of benzene rings is 3. The summed E-state index contributed by atoms with van der Waals surface area (Å²) in [5.41, 5.74) is 4.22. The van der Waals surface area contributed by atoms with E-state index in [0.717, 1.165) is 31.4 Å². The molecule has 4 rings (SSSR count). The Morgan fingerprint density at radius 2 is 1.84 bits per heavy atom. The lowest BCUT2D eigenvalue weighted by molar-refractivity contribution is -0.127. The molecule has 0 bridgehead atoms. The Labute approximate surface area is 243 Å². The van der Waals surface area contributed by atoms with E-state index in [1.54, 1.807) is 37.5 Å². The molecule has 1 aliphatic rings. The Morgan fingerprint density at radius 3 is 2.53 bits per heavy atom. The zero-order valence-electron chi connectivity index (χ0n) is 20.8. The van der Waals surface area contributed by atoms with Crippen LogP contribution in [0.5, 0.6) is 11.5 Å². The summed E-state index contributed by atoms with van der Waals surface area (Å²) in [6, 6.07) is 16.8. The fourth-order valence-electron chi connectivity index (χ4n) is 3.61. The van der Waals surface area contributed by atoms with Crippen LogP contribution in [0.3, 0.4) is 0 Å². The van der Waals surface area contributed by atoms with Crippen molar-refractivity contribution in [3.05, 3.63) is 90.3 Å². The zero-order chi connectivity index (χ0) is 27.4. The van der Waals surface area contributed by atoms with Gasteiger partial charge in [0.15, 0.2) is 11.5 Å². The number of imide groups is 1. The van der Waals surface area contributed by atoms with Gasteiger partial charge in [0.1, 0.15) is 13.2 Å². The van der Waals surface area contributed by atoms with E-state index in [9.17, 15) is 14.4 Å². The molecule has 7 nitrogen and oxygen atoms in total. The number of amides is 3. The van der Waals surface area contributed by atoms with Crippen LogP contribution in [0.25, 0.3) is 6.08 Å². The third-order valence-electron chi connectivity index (χ3n) is 5.68. The van der Waals surface area contributed by atoms with E-state index in [2.05, 4.69) is 27.9 Å². The van der Waals surface area contributed by atoms with E-state index in [-0.39, 0.29) is 4.91 Å². The van der Waals surface area contributed by atoms with Gasteiger partial charge in [0, 0.05) is 10.7 Å². The lowest BCUT2D eigenvalue weighted by atomic mass is 10.1. The van der Waals surface area contributed by atoms with Crippen LogP contribution in [0.15, 0.2) is 59.5 Å². The molecule has 0 saturated carbocycles. The summed E-state index contributed by atoms with van der Waals surface area (Å²) >= 11 is 9.04. The average molecular weight is 663 g/mol. The maximum Gasteiger partial charge on any atom is 0.294 e. The van der Waals surface area contributed by atoms with Gasteiger partial charge >= 0.3 is 0 Å². The molecule has 1 heterocycles. The minimum atomic E-state index is -0.536. The van der Waals surface area contributed by atoms with Crippen LogP contribution >= 0.6 is 46.0 Å². The first-order valence-electron chi connectivity index (χ1n) is 11.5. The molecule has 3 aromatic carbocycles. The molecule has 0 atom stereocenters. The van der Waals surface area contributed by atoms with Gasteiger partial charge in [-0.25, -0.2) is 0 Å². The van der Waals surface area contributed by atoms with Gasteiger partial charge in [0.25, 0.3) is 11.1 Å². The molecule has 0 spiro atoms. The summed E-state index contributed by atoms with van der Waals surface area (Å²) in [5, 5.41) is 2.66. The van der Waals surface area contributed by atoms with Crippen molar-refractivity contribution < 1.29 is 23.9 Å². The highest BCUT2D eigenvalue weighted by molar-refractivity contribution is 14.1. The number of nitrogens with zero attached hydrogens (tertiary/aromatic N) is 1. The number of hydrogen-bond donors (Lipinski definition) is 1. The van der Waals surface area contributed by atoms with Crippen molar-refractivity contribution in [1.82, 2.24) is 4.90 Å². The zero-order valence-corrected chi connectivity index (χ0v) is 24.6. The summed E-state index contributed by atoms with van der Waals surface area (Å²) in [4.78, 5) is 39.1. The summed E-state index contributed by atoms with van der Waals surface area (Å²) in [7, 11) is 1.54. The second kappa shape index (κ2) is 12.2. The monoisotopic (exact) mass is 662 g/mol. The fourth-order valence-corrected chi connectivity index (χ4v) is 5.41. The average Bonchev–Trinajstić information content (AvgIpc) is 3.13. The molecule has 196 valence electrons. The molecular weight excluding hydrogens is 639 g/mol. The summed E-state index contributed by atoms with van der Waals surface area (Å²) in [6.07, 6.45) is 1.61. The Kier molecular flexibility index (Phi) is 9.01. The maximum absolute atomic E-state index is 13.0. The largest absolute Gasteiger partial charge is 0.493 e. The number of nitrogens with one attached hydrogen (secondary N) is 1. The van der Waals surface area contributed by atoms with E-state index in [1.165, 1.54) is 5.56 Å². The van der Waals surface area contributed by atoms with Crippen molar-refractivity contribution >= 4 is 74.8 Å². The molecule has 1 fully saturated rings. The molecule has 0 unspecified atom stereocenters. The van der Waals surface area contributed by atoms with Gasteiger partial charge < -0.3 is 14.8 Å². The van der Waals surface area contributed by atoms with Crippen LogP contribution in [0.1, 0.15) is 22.3 Å². The number of methoxy groups -OCH3 is 1. The Hall–Kier alpha value is -3.02. The summed E-state index contributed by atoms with van der Waals surface area (Å²) in [5.74, 6) is 0.0583. The van der Waals surface area contributed by atoms with Crippen molar-refractivity contribution in [3.63, 3.8) is 0 Å². The van der Waals surface area contributed by atoms with Gasteiger partial charge in [-0.2, -0.15) is 0 Å². The van der Waals surface area contributed by atoms with Crippen LogP contribution in [0.2, 0.25) is 5.02 Å². The van der Waals surface area contributed by atoms with Gasteiger partial charge in [-0.3, -0.25) is 19.3 Å². The first-order valence-corrected chi connectivity index (χ1v) is 13.8. The molecule has 1 aliphatic heterocycles. The standard InChI is InChI=1S/C28H24ClIN2O5S/c1-16-4-7-18(8-5-16)15-37-26-22(30)10-19(11-23(26)36-3)12-24-27(34)32(28(35)38-24)14-25(33)31-20-9-6-17(2)21(29)13-20/h4-13H,14-15H2,1-3H3,(H,31,33)/b24-12-. The number of ether oxygens (including phenoxy) is 2. The van der Waals surface area contributed by atoms with E-state index in [0.29, 0.717) is 34.4 Å². The van der Waals surface area contributed by atoms with Crippen molar-refractivity contribution in [2.45, 2.75) is 20.5 Å². The van der Waals surface area contributed by atoms with Gasteiger partial charge in [-0.1, -0.05) is 47.5 Å². The third-order valence-corrected chi connectivity index (χ3v) is 7.80. The van der Waals surface area contributed by atoms with Crippen LogP contribution in [-0.2, 0) is 16.2 Å². The number of thioether (sulfide) groups is 1. The number of halogens is 2. The highest BCUT2D eigenvalue weighted by Crippen LogP contribution is 2.37. The normalized spacial score (nSPS) is 14.2. The quantitative estimate of drug-likeness (QED) is 0.211. The van der Waals surface area contributed by atoms with Gasteiger partial charge in [-0.15, -0.1) is 0 Å².